The zero-order valence-corrected chi connectivity index (χ0v) is 9.33. The summed E-state index contributed by atoms with van der Waals surface area (Å²) in [6, 6.07) is 1.81. The first kappa shape index (κ1) is 10.6. The number of aliphatic hydroxyl groups is 1. The summed E-state index contributed by atoms with van der Waals surface area (Å²) in [5, 5.41) is 12.9. The highest BCUT2D eigenvalue weighted by molar-refractivity contribution is 6.28. The second kappa shape index (κ2) is 4.33. The molecular formula is C10H14ClN3O. The molecule has 0 radical (unpaired) electrons. The summed E-state index contributed by atoms with van der Waals surface area (Å²) in [4.78, 5) is 7.98. The molecule has 5 heteroatoms. The van der Waals surface area contributed by atoms with Crippen molar-refractivity contribution in [3.8, 4) is 0 Å². The SMILES string of the molecule is Cc1cc(NCC(O)C2CC2)nc(Cl)n1. The fourth-order valence-corrected chi connectivity index (χ4v) is 1.70. The second-order valence-electron chi connectivity index (χ2n) is 3.95. The van der Waals surface area contributed by atoms with E-state index in [1.807, 2.05) is 13.0 Å². The Kier molecular flexibility index (Phi) is 3.07. The van der Waals surface area contributed by atoms with Crippen LogP contribution in [0.3, 0.4) is 0 Å². The van der Waals surface area contributed by atoms with Crippen LogP contribution in [-0.2, 0) is 0 Å². The Morgan fingerprint density at radius 2 is 2.33 bits per heavy atom. The van der Waals surface area contributed by atoms with Gasteiger partial charge in [0.25, 0.3) is 0 Å². The van der Waals surface area contributed by atoms with Gasteiger partial charge in [-0.15, -0.1) is 0 Å². The zero-order valence-electron chi connectivity index (χ0n) is 8.57. The molecule has 1 aliphatic rings. The van der Waals surface area contributed by atoms with Crippen molar-refractivity contribution in [3.63, 3.8) is 0 Å². The van der Waals surface area contributed by atoms with Gasteiger partial charge >= 0.3 is 0 Å². The number of aliphatic hydroxyl groups excluding tert-OH is 1. The van der Waals surface area contributed by atoms with Crippen LogP contribution in [0.15, 0.2) is 6.07 Å². The average molecular weight is 228 g/mol. The van der Waals surface area contributed by atoms with Gasteiger partial charge in [-0.3, -0.25) is 0 Å². The van der Waals surface area contributed by atoms with Crippen LogP contribution in [0.4, 0.5) is 5.82 Å². The minimum atomic E-state index is -0.279. The van der Waals surface area contributed by atoms with Gasteiger partial charge in [-0.1, -0.05) is 0 Å². The molecule has 1 unspecified atom stereocenters. The molecule has 1 aromatic heterocycles. The van der Waals surface area contributed by atoms with Gasteiger partial charge in [0.2, 0.25) is 5.28 Å². The third kappa shape index (κ3) is 3.04. The highest BCUT2D eigenvalue weighted by Crippen LogP contribution is 2.32. The Bertz CT molecular complexity index is 334. The van der Waals surface area contributed by atoms with Crippen molar-refractivity contribution in [2.75, 3.05) is 11.9 Å². The Labute approximate surface area is 93.7 Å². The Balaban J connectivity index is 1.91. The Morgan fingerprint density at radius 1 is 1.60 bits per heavy atom. The van der Waals surface area contributed by atoms with Gasteiger partial charge in [-0.25, -0.2) is 9.97 Å². The first-order valence-corrected chi connectivity index (χ1v) is 5.46. The quantitative estimate of drug-likeness (QED) is 0.768. The van der Waals surface area contributed by atoms with E-state index in [0.29, 0.717) is 18.3 Å². The lowest BCUT2D eigenvalue weighted by molar-refractivity contribution is 0.164. The Morgan fingerprint density at radius 3 is 2.93 bits per heavy atom. The van der Waals surface area contributed by atoms with Crippen LogP contribution < -0.4 is 5.32 Å². The summed E-state index contributed by atoms with van der Waals surface area (Å²) in [5.41, 5.74) is 0.818. The lowest BCUT2D eigenvalue weighted by Gasteiger charge is -2.11. The molecule has 1 atom stereocenters. The fraction of sp³-hybridized carbons (Fsp3) is 0.600. The molecule has 0 bridgehead atoms. The maximum atomic E-state index is 9.65. The van der Waals surface area contributed by atoms with E-state index < -0.39 is 0 Å². The van der Waals surface area contributed by atoms with Crippen LogP contribution in [0.2, 0.25) is 5.28 Å². The molecule has 0 saturated heterocycles. The summed E-state index contributed by atoms with van der Waals surface area (Å²) in [7, 11) is 0. The molecule has 0 aliphatic heterocycles. The summed E-state index contributed by atoms with van der Waals surface area (Å²) < 4.78 is 0. The lowest BCUT2D eigenvalue weighted by Crippen LogP contribution is -2.21. The predicted molar refractivity (Wildman–Crippen MR) is 59.0 cm³/mol. The van der Waals surface area contributed by atoms with Crippen LogP contribution in [0, 0.1) is 12.8 Å². The molecule has 82 valence electrons. The maximum Gasteiger partial charge on any atom is 0.224 e. The predicted octanol–water partition coefficient (Wildman–Crippen LogP) is 1.62. The van der Waals surface area contributed by atoms with Gasteiger partial charge < -0.3 is 10.4 Å². The third-order valence-electron chi connectivity index (χ3n) is 2.49. The minimum Gasteiger partial charge on any atom is -0.391 e. The number of aromatic nitrogens is 2. The molecule has 1 aliphatic carbocycles. The van der Waals surface area contributed by atoms with E-state index in [0.717, 1.165) is 18.5 Å². The first-order valence-electron chi connectivity index (χ1n) is 5.08. The number of nitrogens with one attached hydrogen (secondary N) is 1. The average Bonchev–Trinajstić information content (AvgIpc) is 2.95. The van der Waals surface area contributed by atoms with E-state index in [1.54, 1.807) is 0 Å². The van der Waals surface area contributed by atoms with Crippen LogP contribution >= 0.6 is 11.6 Å². The molecule has 2 N–H and O–H groups in total. The van der Waals surface area contributed by atoms with Crippen molar-refractivity contribution in [1.29, 1.82) is 0 Å². The second-order valence-corrected chi connectivity index (χ2v) is 4.29. The summed E-state index contributed by atoms with van der Waals surface area (Å²) in [5.74, 6) is 1.14. The van der Waals surface area contributed by atoms with E-state index in [9.17, 15) is 5.11 Å². The monoisotopic (exact) mass is 227 g/mol. The van der Waals surface area contributed by atoms with Crippen molar-refractivity contribution in [2.24, 2.45) is 5.92 Å². The molecule has 0 aromatic carbocycles. The molecule has 1 fully saturated rings. The Hall–Kier alpha value is -0.870. The zero-order chi connectivity index (χ0) is 10.8. The number of halogens is 1. The largest absolute Gasteiger partial charge is 0.391 e. The molecule has 4 nitrogen and oxygen atoms in total. The fourth-order valence-electron chi connectivity index (χ4n) is 1.48. The van der Waals surface area contributed by atoms with Crippen LogP contribution in [0.5, 0.6) is 0 Å². The van der Waals surface area contributed by atoms with Gasteiger partial charge in [-0.2, -0.15) is 0 Å². The molecule has 1 saturated carbocycles. The maximum absolute atomic E-state index is 9.65. The number of anilines is 1. The first-order chi connectivity index (χ1) is 7.15. The highest BCUT2D eigenvalue weighted by Gasteiger charge is 2.29. The van der Waals surface area contributed by atoms with Crippen LogP contribution in [0.1, 0.15) is 18.5 Å². The third-order valence-corrected chi connectivity index (χ3v) is 2.65. The van der Waals surface area contributed by atoms with Gasteiger partial charge in [0.15, 0.2) is 0 Å². The standard InChI is InChI=1S/C10H14ClN3O/c1-6-4-9(14-10(11)13-6)12-5-8(15)7-2-3-7/h4,7-8,15H,2-3,5H2,1H3,(H,12,13,14). The van der Waals surface area contributed by atoms with Crippen molar-refractivity contribution in [2.45, 2.75) is 25.9 Å². The van der Waals surface area contributed by atoms with Gasteiger partial charge in [0.1, 0.15) is 5.82 Å². The number of nitrogens with zero attached hydrogens (tertiary/aromatic N) is 2. The van der Waals surface area contributed by atoms with Gasteiger partial charge in [-0.05, 0) is 37.3 Å². The molecule has 0 amide bonds. The minimum absolute atomic E-state index is 0.235. The van der Waals surface area contributed by atoms with Crippen molar-refractivity contribution in [1.82, 2.24) is 9.97 Å². The van der Waals surface area contributed by atoms with Gasteiger partial charge in [0, 0.05) is 18.3 Å². The smallest absolute Gasteiger partial charge is 0.224 e. The molecule has 1 heterocycles. The molecular weight excluding hydrogens is 214 g/mol. The topological polar surface area (TPSA) is 58.0 Å². The van der Waals surface area contributed by atoms with Crippen molar-refractivity contribution < 1.29 is 5.11 Å². The summed E-state index contributed by atoms with van der Waals surface area (Å²) in [6.45, 7) is 2.38. The molecule has 2 rings (SSSR count). The van der Waals surface area contributed by atoms with E-state index in [2.05, 4.69) is 15.3 Å². The van der Waals surface area contributed by atoms with E-state index in [-0.39, 0.29) is 11.4 Å². The van der Waals surface area contributed by atoms with Crippen molar-refractivity contribution >= 4 is 17.4 Å². The number of hydrogen-bond donors (Lipinski definition) is 2. The molecule has 0 spiro atoms. The van der Waals surface area contributed by atoms with E-state index in [1.165, 1.54) is 0 Å². The summed E-state index contributed by atoms with van der Waals surface area (Å²) in [6.07, 6.45) is 1.98. The van der Waals surface area contributed by atoms with E-state index in [4.69, 9.17) is 11.6 Å². The normalized spacial score (nSPS) is 17.5. The number of rotatable bonds is 4. The lowest BCUT2D eigenvalue weighted by atomic mass is 10.2. The summed E-state index contributed by atoms with van der Waals surface area (Å²) >= 11 is 5.72. The number of aryl methyl sites for hydroxylation is 1. The van der Waals surface area contributed by atoms with Crippen LogP contribution in [-0.4, -0.2) is 27.7 Å². The van der Waals surface area contributed by atoms with E-state index >= 15 is 0 Å². The number of hydrogen-bond acceptors (Lipinski definition) is 4. The van der Waals surface area contributed by atoms with Crippen LogP contribution in [0.25, 0.3) is 0 Å². The highest BCUT2D eigenvalue weighted by atomic mass is 35.5. The molecule has 15 heavy (non-hydrogen) atoms. The molecule has 1 aromatic rings. The van der Waals surface area contributed by atoms with Gasteiger partial charge in [0.05, 0.1) is 6.10 Å². The van der Waals surface area contributed by atoms with Crippen molar-refractivity contribution in [3.05, 3.63) is 17.0 Å².